The molecule has 23 heavy (non-hydrogen) atoms. The zero-order valence-electron chi connectivity index (χ0n) is 13.7. The minimum absolute atomic E-state index is 0.0667. The van der Waals surface area contributed by atoms with Crippen LogP contribution in [0.25, 0.3) is 11.3 Å². The van der Waals surface area contributed by atoms with Gasteiger partial charge in [0.05, 0.1) is 25.3 Å². The fraction of sp³-hybridized carbons (Fsp3) is 0.368. The molecule has 0 amide bonds. The third-order valence-electron chi connectivity index (χ3n) is 3.87. The highest BCUT2D eigenvalue weighted by molar-refractivity contribution is 5.62. The highest BCUT2D eigenvalue weighted by Crippen LogP contribution is 2.23. The number of benzene rings is 1. The quantitative estimate of drug-likeness (QED) is 0.731. The maximum absolute atomic E-state index is 12.7. The molecule has 120 valence electrons. The van der Waals surface area contributed by atoms with Gasteiger partial charge in [0.25, 0.3) is 5.56 Å². The second kappa shape index (κ2) is 8.19. The van der Waals surface area contributed by atoms with E-state index in [2.05, 4.69) is 13.0 Å². The van der Waals surface area contributed by atoms with Crippen LogP contribution in [0.5, 0.6) is 5.75 Å². The van der Waals surface area contributed by atoms with E-state index in [1.165, 1.54) is 0 Å². The first-order valence-electron chi connectivity index (χ1n) is 7.95. The highest BCUT2D eigenvalue weighted by atomic mass is 16.5. The summed E-state index contributed by atoms with van der Waals surface area (Å²) < 4.78 is 7.07. The first-order valence-corrected chi connectivity index (χ1v) is 7.95. The molecule has 0 fully saturated rings. The van der Waals surface area contributed by atoms with Crippen molar-refractivity contribution in [2.24, 2.45) is 0 Å². The van der Waals surface area contributed by atoms with Gasteiger partial charge < -0.3 is 9.30 Å². The lowest BCUT2D eigenvalue weighted by Crippen LogP contribution is -2.25. The molecule has 0 N–H and O–H groups in total. The Morgan fingerprint density at radius 1 is 1.22 bits per heavy atom. The second-order valence-corrected chi connectivity index (χ2v) is 5.47. The molecular weight excluding hydrogens is 288 g/mol. The largest absolute Gasteiger partial charge is 0.497 e. The molecule has 1 aromatic carbocycles. The zero-order valence-corrected chi connectivity index (χ0v) is 13.7. The van der Waals surface area contributed by atoms with Crippen LogP contribution in [0.3, 0.4) is 0 Å². The van der Waals surface area contributed by atoms with E-state index >= 15 is 0 Å². The lowest BCUT2D eigenvalue weighted by Gasteiger charge is -2.15. The van der Waals surface area contributed by atoms with Gasteiger partial charge in [-0.05, 0) is 24.6 Å². The van der Waals surface area contributed by atoms with Crippen molar-refractivity contribution in [1.82, 2.24) is 4.57 Å². The maximum Gasteiger partial charge on any atom is 0.255 e. The predicted molar refractivity (Wildman–Crippen MR) is 91.5 cm³/mol. The van der Waals surface area contributed by atoms with Gasteiger partial charge in [0, 0.05) is 17.7 Å². The fourth-order valence-corrected chi connectivity index (χ4v) is 2.62. The SMILES string of the molecule is CCCCCn1c(-c2cccc(OC)c2)ccc(CC#N)c1=O. The maximum atomic E-state index is 12.7. The van der Waals surface area contributed by atoms with Crippen LogP contribution in [0.2, 0.25) is 0 Å². The van der Waals surface area contributed by atoms with Crippen LogP contribution in [0.1, 0.15) is 31.7 Å². The monoisotopic (exact) mass is 310 g/mol. The summed E-state index contributed by atoms with van der Waals surface area (Å²) in [6.45, 7) is 2.80. The van der Waals surface area contributed by atoms with E-state index in [1.807, 2.05) is 30.3 Å². The van der Waals surface area contributed by atoms with Crippen molar-refractivity contribution in [1.29, 1.82) is 5.26 Å². The van der Waals surface area contributed by atoms with Crippen LogP contribution in [0.15, 0.2) is 41.2 Å². The summed E-state index contributed by atoms with van der Waals surface area (Å²) >= 11 is 0. The Hall–Kier alpha value is -2.54. The number of pyridine rings is 1. The summed E-state index contributed by atoms with van der Waals surface area (Å²) in [5.74, 6) is 0.760. The Morgan fingerprint density at radius 2 is 2.04 bits per heavy atom. The number of methoxy groups -OCH3 is 1. The van der Waals surface area contributed by atoms with Crippen molar-refractivity contribution in [3.8, 4) is 23.1 Å². The summed E-state index contributed by atoms with van der Waals surface area (Å²) in [6.07, 6.45) is 3.27. The normalized spacial score (nSPS) is 10.3. The van der Waals surface area contributed by atoms with Crippen LogP contribution >= 0.6 is 0 Å². The third kappa shape index (κ3) is 4.01. The van der Waals surface area contributed by atoms with Crippen LogP contribution in [0.4, 0.5) is 0 Å². The number of nitriles is 1. The summed E-state index contributed by atoms with van der Waals surface area (Å²) in [5, 5.41) is 8.89. The molecule has 4 heteroatoms. The van der Waals surface area contributed by atoms with Crippen molar-refractivity contribution < 1.29 is 4.74 Å². The Balaban J connectivity index is 2.50. The van der Waals surface area contributed by atoms with E-state index in [0.717, 1.165) is 36.3 Å². The molecule has 0 bridgehead atoms. The smallest absolute Gasteiger partial charge is 0.255 e. The molecule has 1 aromatic heterocycles. The molecule has 0 aliphatic heterocycles. The Labute approximate surface area is 137 Å². The van der Waals surface area contributed by atoms with Gasteiger partial charge in [-0.25, -0.2) is 0 Å². The first-order chi connectivity index (χ1) is 11.2. The third-order valence-corrected chi connectivity index (χ3v) is 3.87. The summed E-state index contributed by atoms with van der Waals surface area (Å²) in [7, 11) is 1.63. The molecule has 0 radical (unpaired) electrons. The number of rotatable bonds is 7. The van der Waals surface area contributed by atoms with Crippen LogP contribution in [-0.2, 0) is 13.0 Å². The predicted octanol–water partition coefficient (Wildman–Crippen LogP) is 3.78. The molecule has 0 aliphatic carbocycles. The molecule has 0 spiro atoms. The average Bonchev–Trinajstić information content (AvgIpc) is 2.58. The fourth-order valence-electron chi connectivity index (χ4n) is 2.62. The number of nitrogens with zero attached hydrogens (tertiary/aromatic N) is 2. The van der Waals surface area contributed by atoms with Crippen LogP contribution in [-0.4, -0.2) is 11.7 Å². The molecule has 0 unspecified atom stereocenters. The van der Waals surface area contributed by atoms with Crippen LogP contribution < -0.4 is 10.3 Å². The Morgan fingerprint density at radius 3 is 2.74 bits per heavy atom. The van der Waals surface area contributed by atoms with Crippen LogP contribution in [0, 0.1) is 11.3 Å². The molecule has 0 aliphatic rings. The second-order valence-electron chi connectivity index (χ2n) is 5.47. The molecule has 2 aromatic rings. The van der Waals surface area contributed by atoms with Gasteiger partial charge >= 0.3 is 0 Å². The molecule has 0 saturated carbocycles. The number of hydrogen-bond donors (Lipinski definition) is 0. The Kier molecular flexibility index (Phi) is 5.99. The van der Waals surface area contributed by atoms with E-state index in [-0.39, 0.29) is 12.0 Å². The van der Waals surface area contributed by atoms with E-state index in [1.54, 1.807) is 17.7 Å². The highest BCUT2D eigenvalue weighted by Gasteiger charge is 2.11. The van der Waals surface area contributed by atoms with Crippen molar-refractivity contribution in [2.75, 3.05) is 7.11 Å². The Bertz CT molecular complexity index is 757. The topological polar surface area (TPSA) is 55.0 Å². The summed E-state index contributed by atoms with van der Waals surface area (Å²) in [4.78, 5) is 12.7. The van der Waals surface area contributed by atoms with E-state index in [4.69, 9.17) is 10.00 Å². The molecule has 1 heterocycles. The average molecular weight is 310 g/mol. The lowest BCUT2D eigenvalue weighted by molar-refractivity contribution is 0.415. The molecule has 4 nitrogen and oxygen atoms in total. The lowest BCUT2D eigenvalue weighted by atomic mass is 10.1. The molecule has 0 saturated heterocycles. The van der Waals surface area contributed by atoms with Gasteiger partial charge in [-0.3, -0.25) is 4.79 Å². The minimum atomic E-state index is -0.0667. The summed E-state index contributed by atoms with van der Waals surface area (Å²) in [5.41, 5.74) is 2.30. The number of unbranched alkanes of at least 4 members (excludes halogenated alkanes) is 2. The number of aromatic nitrogens is 1. The molecular formula is C19H22N2O2. The van der Waals surface area contributed by atoms with Crippen molar-refractivity contribution in [3.63, 3.8) is 0 Å². The van der Waals surface area contributed by atoms with Gasteiger partial charge in [-0.2, -0.15) is 5.26 Å². The standard InChI is InChI=1S/C19H22N2O2/c1-3-4-5-13-21-18(10-9-15(11-12-20)19(21)22)16-7-6-8-17(14-16)23-2/h6-10,14H,3-5,11,13H2,1-2H3. The van der Waals surface area contributed by atoms with Gasteiger partial charge in [-0.15, -0.1) is 0 Å². The number of ether oxygens (including phenoxy) is 1. The molecule has 2 rings (SSSR count). The van der Waals surface area contributed by atoms with Crippen molar-refractivity contribution in [3.05, 3.63) is 52.3 Å². The molecule has 0 atom stereocenters. The van der Waals surface area contributed by atoms with Gasteiger partial charge in [0.2, 0.25) is 0 Å². The summed E-state index contributed by atoms with van der Waals surface area (Å²) in [6, 6.07) is 13.4. The minimum Gasteiger partial charge on any atom is -0.497 e. The van der Waals surface area contributed by atoms with Gasteiger partial charge in [0.1, 0.15) is 5.75 Å². The van der Waals surface area contributed by atoms with Gasteiger partial charge in [-0.1, -0.05) is 38.0 Å². The van der Waals surface area contributed by atoms with Gasteiger partial charge in [0.15, 0.2) is 0 Å². The van der Waals surface area contributed by atoms with E-state index in [9.17, 15) is 4.79 Å². The van der Waals surface area contributed by atoms with E-state index in [0.29, 0.717) is 12.1 Å². The van der Waals surface area contributed by atoms with Crippen molar-refractivity contribution in [2.45, 2.75) is 39.2 Å². The van der Waals surface area contributed by atoms with E-state index < -0.39 is 0 Å². The van der Waals surface area contributed by atoms with Crippen molar-refractivity contribution >= 4 is 0 Å². The zero-order chi connectivity index (χ0) is 16.7. The first kappa shape index (κ1) is 16.8. The number of hydrogen-bond acceptors (Lipinski definition) is 3.